The number of carbonyl (C=O) groups excluding carboxylic acids is 1. The van der Waals surface area contributed by atoms with Crippen LogP contribution >= 0.6 is 11.3 Å². The Hall–Kier alpha value is -1.13. The summed E-state index contributed by atoms with van der Waals surface area (Å²) < 4.78 is 5.27. The van der Waals surface area contributed by atoms with E-state index in [2.05, 4.69) is 17.5 Å². The van der Waals surface area contributed by atoms with Crippen molar-refractivity contribution in [2.24, 2.45) is 0 Å². The molecule has 1 N–H and O–H groups in total. The normalized spacial score (nSPS) is 19.7. The van der Waals surface area contributed by atoms with Gasteiger partial charge < -0.3 is 10.1 Å². The van der Waals surface area contributed by atoms with Crippen molar-refractivity contribution in [3.8, 4) is 0 Å². The van der Waals surface area contributed by atoms with Crippen molar-refractivity contribution >= 4 is 22.8 Å². The maximum atomic E-state index is 11.4. The molecule has 0 saturated carbocycles. The third-order valence-electron chi connectivity index (χ3n) is 2.73. The molecule has 4 heteroatoms. The molecule has 1 aromatic rings. The third-order valence-corrected chi connectivity index (χ3v) is 3.99. The highest BCUT2D eigenvalue weighted by Gasteiger charge is 2.23. The average molecular weight is 221 g/mol. The number of rotatable bonds is 1. The zero-order valence-electron chi connectivity index (χ0n) is 8.21. The summed E-state index contributed by atoms with van der Waals surface area (Å²) in [6, 6.07) is 2.13. The molecule has 2 aliphatic heterocycles. The Morgan fingerprint density at radius 3 is 3.13 bits per heavy atom. The molecule has 0 atom stereocenters. The molecule has 3 nitrogen and oxygen atoms in total. The quantitative estimate of drug-likeness (QED) is 0.785. The summed E-state index contributed by atoms with van der Waals surface area (Å²) in [4.78, 5) is 13.5. The van der Waals surface area contributed by atoms with Crippen LogP contribution in [-0.4, -0.2) is 19.1 Å². The molecule has 0 aromatic carbocycles. The van der Waals surface area contributed by atoms with Crippen molar-refractivity contribution in [1.29, 1.82) is 0 Å². The van der Waals surface area contributed by atoms with Crippen molar-refractivity contribution in [1.82, 2.24) is 5.32 Å². The fourth-order valence-electron chi connectivity index (χ4n) is 1.92. The minimum Gasteiger partial charge on any atom is -0.377 e. The Kier molecular flexibility index (Phi) is 2.11. The van der Waals surface area contributed by atoms with Gasteiger partial charge in [-0.25, -0.2) is 0 Å². The highest BCUT2D eigenvalue weighted by molar-refractivity contribution is 7.15. The van der Waals surface area contributed by atoms with Crippen LogP contribution in [0, 0.1) is 0 Å². The van der Waals surface area contributed by atoms with Gasteiger partial charge in [-0.2, -0.15) is 0 Å². The lowest BCUT2D eigenvalue weighted by molar-refractivity contribution is 0.0969. The van der Waals surface area contributed by atoms with Crippen LogP contribution < -0.4 is 5.32 Å². The Morgan fingerprint density at radius 2 is 2.40 bits per heavy atom. The Labute approximate surface area is 91.8 Å². The number of ether oxygens (including phenoxy) is 1. The summed E-state index contributed by atoms with van der Waals surface area (Å²) >= 11 is 1.60. The van der Waals surface area contributed by atoms with Crippen molar-refractivity contribution in [3.05, 3.63) is 27.5 Å². The van der Waals surface area contributed by atoms with Gasteiger partial charge >= 0.3 is 0 Å². The first kappa shape index (κ1) is 9.12. The molecular formula is C11H11NO2S. The summed E-state index contributed by atoms with van der Waals surface area (Å²) in [5.41, 5.74) is 2.47. The van der Waals surface area contributed by atoms with E-state index < -0.39 is 0 Å². The van der Waals surface area contributed by atoms with Gasteiger partial charge in [0.05, 0.1) is 18.1 Å². The van der Waals surface area contributed by atoms with Gasteiger partial charge in [-0.05, 0) is 23.6 Å². The van der Waals surface area contributed by atoms with E-state index >= 15 is 0 Å². The maximum Gasteiger partial charge on any atom is 0.261 e. The van der Waals surface area contributed by atoms with Gasteiger partial charge in [0, 0.05) is 11.4 Å². The Bertz CT molecular complexity index is 447. The fraction of sp³-hybridized carbons (Fsp3) is 0.364. The van der Waals surface area contributed by atoms with Gasteiger partial charge in [-0.3, -0.25) is 4.79 Å². The molecule has 2 aliphatic rings. The first-order valence-corrected chi connectivity index (χ1v) is 5.84. The summed E-state index contributed by atoms with van der Waals surface area (Å²) in [5.74, 6) is 0.0777. The first-order chi connectivity index (χ1) is 7.34. The van der Waals surface area contributed by atoms with Crippen LogP contribution in [0.15, 0.2) is 12.1 Å². The van der Waals surface area contributed by atoms with Gasteiger partial charge in [0.2, 0.25) is 0 Å². The molecule has 0 aliphatic carbocycles. The van der Waals surface area contributed by atoms with Gasteiger partial charge in [-0.1, -0.05) is 6.08 Å². The van der Waals surface area contributed by atoms with Crippen LogP contribution in [0.4, 0.5) is 0 Å². The first-order valence-electron chi connectivity index (χ1n) is 5.02. The number of carbonyl (C=O) groups is 1. The third kappa shape index (κ3) is 1.50. The SMILES string of the molecule is O=C1NCc2cc(C3=CCOCC3)sc21. The number of amides is 1. The van der Waals surface area contributed by atoms with Crippen molar-refractivity contribution < 1.29 is 9.53 Å². The van der Waals surface area contributed by atoms with Gasteiger partial charge in [0.15, 0.2) is 0 Å². The van der Waals surface area contributed by atoms with Crippen LogP contribution in [0.5, 0.6) is 0 Å². The van der Waals surface area contributed by atoms with E-state index in [9.17, 15) is 4.79 Å². The molecule has 0 fully saturated rings. The number of fused-ring (bicyclic) bond motifs is 1. The molecule has 0 unspecified atom stereocenters. The molecule has 0 radical (unpaired) electrons. The average Bonchev–Trinajstić information content (AvgIpc) is 2.83. The fourth-order valence-corrected chi connectivity index (χ4v) is 3.08. The second-order valence-electron chi connectivity index (χ2n) is 3.70. The van der Waals surface area contributed by atoms with E-state index in [0.717, 1.165) is 23.5 Å². The van der Waals surface area contributed by atoms with Crippen molar-refractivity contribution in [3.63, 3.8) is 0 Å². The van der Waals surface area contributed by atoms with Gasteiger partial charge in [0.25, 0.3) is 5.91 Å². The van der Waals surface area contributed by atoms with Gasteiger partial charge in [-0.15, -0.1) is 11.3 Å². The highest BCUT2D eigenvalue weighted by atomic mass is 32.1. The molecule has 0 saturated heterocycles. The van der Waals surface area contributed by atoms with E-state index in [1.165, 1.54) is 10.5 Å². The lowest BCUT2D eigenvalue weighted by Gasteiger charge is -2.11. The van der Waals surface area contributed by atoms with E-state index in [1.54, 1.807) is 11.3 Å². The molecule has 0 bridgehead atoms. The predicted octanol–water partition coefficient (Wildman–Crippen LogP) is 1.80. The summed E-state index contributed by atoms with van der Waals surface area (Å²) in [6.45, 7) is 2.18. The predicted molar refractivity (Wildman–Crippen MR) is 58.9 cm³/mol. The van der Waals surface area contributed by atoms with E-state index in [1.807, 2.05) is 0 Å². The standard InChI is InChI=1S/C11H11NO2S/c13-11-10-8(6-12-11)5-9(15-10)7-1-3-14-4-2-7/h1,5H,2-4,6H2,(H,12,13). The monoisotopic (exact) mass is 221 g/mol. The van der Waals surface area contributed by atoms with Crippen LogP contribution in [0.2, 0.25) is 0 Å². The molecule has 0 spiro atoms. The number of hydrogen-bond donors (Lipinski definition) is 1. The molecule has 3 rings (SSSR count). The second kappa shape index (κ2) is 3.47. The van der Waals surface area contributed by atoms with E-state index in [-0.39, 0.29) is 5.91 Å². The number of nitrogens with one attached hydrogen (secondary N) is 1. The maximum absolute atomic E-state index is 11.4. The summed E-state index contributed by atoms with van der Waals surface area (Å²) in [6.07, 6.45) is 3.07. The molecule has 78 valence electrons. The number of hydrogen-bond acceptors (Lipinski definition) is 3. The zero-order valence-corrected chi connectivity index (χ0v) is 9.02. The van der Waals surface area contributed by atoms with Crippen LogP contribution in [0.25, 0.3) is 5.57 Å². The van der Waals surface area contributed by atoms with Gasteiger partial charge in [0.1, 0.15) is 0 Å². The lowest BCUT2D eigenvalue weighted by Crippen LogP contribution is -2.12. The summed E-state index contributed by atoms with van der Waals surface area (Å²) in [5, 5.41) is 2.82. The topological polar surface area (TPSA) is 38.3 Å². The zero-order chi connectivity index (χ0) is 10.3. The lowest BCUT2D eigenvalue weighted by atomic mass is 10.1. The van der Waals surface area contributed by atoms with Crippen molar-refractivity contribution in [2.75, 3.05) is 13.2 Å². The smallest absolute Gasteiger partial charge is 0.261 e. The Balaban J connectivity index is 1.97. The largest absolute Gasteiger partial charge is 0.377 e. The molecule has 1 aromatic heterocycles. The molecule has 15 heavy (non-hydrogen) atoms. The van der Waals surface area contributed by atoms with Crippen LogP contribution in [-0.2, 0) is 11.3 Å². The van der Waals surface area contributed by atoms with E-state index in [4.69, 9.17) is 4.74 Å². The van der Waals surface area contributed by atoms with Crippen LogP contribution in [0.3, 0.4) is 0 Å². The highest BCUT2D eigenvalue weighted by Crippen LogP contribution is 2.33. The second-order valence-corrected chi connectivity index (χ2v) is 4.75. The summed E-state index contributed by atoms with van der Waals surface area (Å²) in [7, 11) is 0. The Morgan fingerprint density at radius 1 is 1.47 bits per heavy atom. The molecule has 3 heterocycles. The minimum atomic E-state index is 0.0777. The number of thiophene rings is 1. The molecule has 1 amide bonds. The van der Waals surface area contributed by atoms with Crippen molar-refractivity contribution in [2.45, 2.75) is 13.0 Å². The molecular weight excluding hydrogens is 210 g/mol. The minimum absolute atomic E-state index is 0.0777. The van der Waals surface area contributed by atoms with E-state index in [0.29, 0.717) is 13.2 Å². The van der Waals surface area contributed by atoms with Crippen LogP contribution in [0.1, 0.15) is 26.5 Å².